The Balaban J connectivity index is 1.44. The molecule has 4 rings (SSSR count). The molecule has 0 unspecified atom stereocenters. The van der Waals surface area contributed by atoms with E-state index in [1.165, 1.54) is 10.5 Å². The highest BCUT2D eigenvalue weighted by Gasteiger charge is 2.56. The van der Waals surface area contributed by atoms with Crippen LogP contribution in [0, 0.1) is 0 Å². The van der Waals surface area contributed by atoms with Crippen molar-refractivity contribution in [3.63, 3.8) is 0 Å². The molecule has 3 heterocycles. The first kappa shape index (κ1) is 17.1. The zero-order valence-corrected chi connectivity index (χ0v) is 15.4. The Morgan fingerprint density at radius 3 is 2.46 bits per heavy atom. The van der Waals surface area contributed by atoms with E-state index in [-0.39, 0.29) is 11.9 Å². The Hall–Kier alpha value is -2.28. The van der Waals surface area contributed by atoms with Gasteiger partial charge in [-0.05, 0) is 37.5 Å². The van der Waals surface area contributed by atoms with E-state index >= 15 is 0 Å². The number of carbonyl (C=O) groups excluding carboxylic acids is 2. The first-order valence-electron chi connectivity index (χ1n) is 9.26. The van der Waals surface area contributed by atoms with Crippen LogP contribution in [0.4, 0.5) is 4.79 Å². The lowest BCUT2D eigenvalue weighted by atomic mass is 9.85. The summed E-state index contributed by atoms with van der Waals surface area (Å²) in [7, 11) is 1.59. The summed E-state index contributed by atoms with van der Waals surface area (Å²) in [5.41, 5.74) is 0.521. The zero-order valence-electron chi connectivity index (χ0n) is 15.4. The predicted octanol–water partition coefficient (Wildman–Crippen LogP) is 1.71. The molecule has 0 bridgehead atoms. The van der Waals surface area contributed by atoms with Crippen LogP contribution in [0.25, 0.3) is 0 Å². The zero-order chi connectivity index (χ0) is 18.3. The Kier molecular flexibility index (Phi) is 4.26. The van der Waals surface area contributed by atoms with E-state index in [1.54, 1.807) is 11.9 Å². The highest BCUT2D eigenvalue weighted by Crippen LogP contribution is 2.37. The van der Waals surface area contributed by atoms with Crippen molar-refractivity contribution in [1.29, 1.82) is 0 Å². The smallest absolute Gasteiger partial charge is 0.327 e. The fourth-order valence-corrected chi connectivity index (χ4v) is 4.33. The minimum Gasteiger partial charge on any atom is -0.486 e. The van der Waals surface area contributed by atoms with Gasteiger partial charge in [0.1, 0.15) is 18.8 Å². The third kappa shape index (κ3) is 2.61. The summed E-state index contributed by atoms with van der Waals surface area (Å²) < 4.78 is 11.2. The standard InChI is InChI=1S/C19H25N3O4/c1-3-22-18(24)20(2)17(23)19(22)6-8-21(9-7-19)13-14-4-5-15-16(12-14)26-11-10-25-15/h4-5,12H,3,6-11,13H2,1-2H3. The van der Waals surface area contributed by atoms with Gasteiger partial charge in [-0.15, -0.1) is 0 Å². The molecule has 3 aliphatic heterocycles. The third-order valence-corrected chi connectivity index (χ3v) is 5.75. The number of fused-ring (bicyclic) bond motifs is 1. The first-order chi connectivity index (χ1) is 12.5. The van der Waals surface area contributed by atoms with E-state index in [1.807, 2.05) is 19.1 Å². The van der Waals surface area contributed by atoms with Gasteiger partial charge in [0.25, 0.3) is 5.91 Å². The highest BCUT2D eigenvalue weighted by atomic mass is 16.6. The lowest BCUT2D eigenvalue weighted by molar-refractivity contribution is -0.134. The molecule has 0 N–H and O–H groups in total. The maximum absolute atomic E-state index is 12.7. The minimum atomic E-state index is -0.649. The molecule has 1 aromatic rings. The third-order valence-electron chi connectivity index (χ3n) is 5.75. The average Bonchev–Trinajstić information content (AvgIpc) is 2.84. The molecule has 0 radical (unpaired) electrons. The van der Waals surface area contributed by atoms with E-state index in [0.29, 0.717) is 32.6 Å². The molecule has 26 heavy (non-hydrogen) atoms. The van der Waals surface area contributed by atoms with Crippen LogP contribution in [-0.4, -0.2) is 72.1 Å². The van der Waals surface area contributed by atoms with Crippen molar-refractivity contribution in [1.82, 2.24) is 14.7 Å². The molecule has 1 spiro atoms. The van der Waals surface area contributed by atoms with E-state index < -0.39 is 5.54 Å². The number of likely N-dealkylation sites (N-methyl/N-ethyl adjacent to an activating group) is 2. The topological polar surface area (TPSA) is 62.3 Å². The van der Waals surface area contributed by atoms with Crippen molar-refractivity contribution in [2.45, 2.75) is 31.8 Å². The predicted molar refractivity (Wildman–Crippen MR) is 95.2 cm³/mol. The molecule has 1 aromatic carbocycles. The number of nitrogens with zero attached hydrogens (tertiary/aromatic N) is 3. The summed E-state index contributed by atoms with van der Waals surface area (Å²) >= 11 is 0. The molecule has 7 nitrogen and oxygen atoms in total. The molecule has 3 aliphatic rings. The number of imide groups is 1. The summed E-state index contributed by atoms with van der Waals surface area (Å²) in [5.74, 6) is 1.55. The van der Waals surface area contributed by atoms with Crippen LogP contribution < -0.4 is 9.47 Å². The number of hydrogen-bond donors (Lipinski definition) is 0. The molecule has 0 saturated carbocycles. The normalized spacial score (nSPS) is 22.4. The molecular formula is C19H25N3O4. The molecule has 2 saturated heterocycles. The number of rotatable bonds is 3. The number of amides is 3. The maximum Gasteiger partial charge on any atom is 0.327 e. The summed E-state index contributed by atoms with van der Waals surface area (Å²) in [4.78, 5) is 30.4. The molecule has 0 atom stereocenters. The lowest BCUT2D eigenvalue weighted by Gasteiger charge is -2.42. The largest absolute Gasteiger partial charge is 0.486 e. The van der Waals surface area contributed by atoms with Crippen LogP contribution in [-0.2, 0) is 11.3 Å². The Morgan fingerprint density at radius 2 is 1.77 bits per heavy atom. The van der Waals surface area contributed by atoms with Crippen molar-refractivity contribution in [3.8, 4) is 11.5 Å². The van der Waals surface area contributed by atoms with Gasteiger partial charge in [-0.25, -0.2) is 4.79 Å². The Morgan fingerprint density at radius 1 is 1.08 bits per heavy atom. The minimum absolute atomic E-state index is 0.0525. The molecule has 2 fully saturated rings. The second-order valence-electron chi connectivity index (χ2n) is 7.18. The van der Waals surface area contributed by atoms with Crippen LogP contribution in [0.2, 0.25) is 0 Å². The van der Waals surface area contributed by atoms with Crippen molar-refractivity contribution in [3.05, 3.63) is 23.8 Å². The van der Waals surface area contributed by atoms with Gasteiger partial charge < -0.3 is 14.4 Å². The van der Waals surface area contributed by atoms with E-state index in [4.69, 9.17) is 9.47 Å². The second kappa shape index (κ2) is 6.46. The van der Waals surface area contributed by atoms with Gasteiger partial charge in [0.15, 0.2) is 11.5 Å². The molecule has 0 aromatic heterocycles. The number of urea groups is 1. The number of benzene rings is 1. The molecule has 140 valence electrons. The highest BCUT2D eigenvalue weighted by molar-refractivity contribution is 6.06. The molecule has 7 heteroatoms. The van der Waals surface area contributed by atoms with Crippen molar-refractivity contribution >= 4 is 11.9 Å². The number of ether oxygens (including phenoxy) is 2. The SMILES string of the molecule is CCN1C(=O)N(C)C(=O)C12CCN(Cc1ccc3c(c1)OCCO3)CC2. The van der Waals surface area contributed by atoms with Gasteiger partial charge in [-0.3, -0.25) is 14.6 Å². The quantitative estimate of drug-likeness (QED) is 0.769. The van der Waals surface area contributed by atoms with Gasteiger partial charge >= 0.3 is 6.03 Å². The van der Waals surface area contributed by atoms with Crippen LogP contribution >= 0.6 is 0 Å². The van der Waals surface area contributed by atoms with E-state index in [0.717, 1.165) is 31.1 Å². The number of likely N-dealkylation sites (tertiary alicyclic amines) is 1. The molecule has 0 aliphatic carbocycles. The van der Waals surface area contributed by atoms with Crippen LogP contribution in [0.3, 0.4) is 0 Å². The van der Waals surface area contributed by atoms with Gasteiger partial charge in [0.05, 0.1) is 0 Å². The summed E-state index contributed by atoms with van der Waals surface area (Å²) in [6.45, 7) is 6.06. The number of carbonyl (C=O) groups is 2. The van der Waals surface area contributed by atoms with E-state index in [9.17, 15) is 9.59 Å². The van der Waals surface area contributed by atoms with Gasteiger partial charge in [0, 0.05) is 33.2 Å². The van der Waals surface area contributed by atoms with Crippen molar-refractivity contribution < 1.29 is 19.1 Å². The van der Waals surface area contributed by atoms with Gasteiger partial charge in [-0.2, -0.15) is 0 Å². The first-order valence-corrected chi connectivity index (χ1v) is 9.26. The van der Waals surface area contributed by atoms with Crippen molar-refractivity contribution in [2.75, 3.05) is 39.9 Å². The second-order valence-corrected chi connectivity index (χ2v) is 7.18. The number of hydrogen-bond acceptors (Lipinski definition) is 5. The van der Waals surface area contributed by atoms with Crippen LogP contribution in [0.5, 0.6) is 11.5 Å². The fraction of sp³-hybridized carbons (Fsp3) is 0.579. The van der Waals surface area contributed by atoms with E-state index in [2.05, 4.69) is 11.0 Å². The Labute approximate surface area is 153 Å². The summed E-state index contributed by atoms with van der Waals surface area (Å²) in [5, 5.41) is 0. The lowest BCUT2D eigenvalue weighted by Crippen LogP contribution is -2.56. The van der Waals surface area contributed by atoms with Gasteiger partial charge in [-0.1, -0.05) is 6.07 Å². The summed E-state index contributed by atoms with van der Waals surface area (Å²) in [6.07, 6.45) is 1.36. The van der Waals surface area contributed by atoms with Crippen molar-refractivity contribution in [2.24, 2.45) is 0 Å². The fourth-order valence-electron chi connectivity index (χ4n) is 4.33. The average molecular weight is 359 g/mol. The van der Waals surface area contributed by atoms with Gasteiger partial charge in [0.2, 0.25) is 0 Å². The Bertz CT molecular complexity index is 727. The number of piperidine rings is 1. The monoisotopic (exact) mass is 359 g/mol. The van der Waals surface area contributed by atoms with Crippen LogP contribution in [0.15, 0.2) is 18.2 Å². The van der Waals surface area contributed by atoms with Crippen LogP contribution in [0.1, 0.15) is 25.3 Å². The maximum atomic E-state index is 12.7. The molecule has 3 amide bonds. The summed E-state index contributed by atoms with van der Waals surface area (Å²) in [6, 6.07) is 5.89. The molecular weight excluding hydrogens is 334 g/mol.